The summed E-state index contributed by atoms with van der Waals surface area (Å²) in [5.74, 6) is -1.28. The maximum Gasteiger partial charge on any atom is 0.322 e. The third-order valence-electron chi connectivity index (χ3n) is 5.52. The Kier molecular flexibility index (Phi) is 4.77. The molecule has 0 spiro atoms. The van der Waals surface area contributed by atoms with Crippen LogP contribution >= 0.6 is 11.3 Å². The highest BCUT2D eigenvalue weighted by molar-refractivity contribution is 7.22. The number of aromatic nitrogens is 1. The number of piperazine rings is 1. The highest BCUT2D eigenvalue weighted by Gasteiger charge is 2.26. The lowest BCUT2D eigenvalue weighted by molar-refractivity contribution is 0.208. The Morgan fingerprint density at radius 3 is 2.50 bits per heavy atom. The minimum absolute atomic E-state index is 0.154. The van der Waals surface area contributed by atoms with E-state index in [0.29, 0.717) is 41.9 Å². The Balaban J connectivity index is 1.22. The van der Waals surface area contributed by atoms with Gasteiger partial charge in [0.2, 0.25) is 0 Å². The molecule has 1 saturated heterocycles. The summed E-state index contributed by atoms with van der Waals surface area (Å²) in [6.45, 7) is 1.83. The molecule has 2 amide bonds. The molecule has 2 aromatic carbocycles. The summed E-state index contributed by atoms with van der Waals surface area (Å²) in [5, 5.41) is 3.24. The first-order valence-electron chi connectivity index (χ1n) is 9.84. The predicted octanol–water partition coefficient (Wildman–Crippen LogP) is 4.95. The van der Waals surface area contributed by atoms with Crippen molar-refractivity contribution in [2.24, 2.45) is 0 Å². The van der Waals surface area contributed by atoms with Gasteiger partial charge in [0, 0.05) is 32.2 Å². The molecule has 0 atom stereocenters. The molecule has 2 aliphatic rings. The van der Waals surface area contributed by atoms with E-state index in [0.717, 1.165) is 24.5 Å². The summed E-state index contributed by atoms with van der Waals surface area (Å²) in [6.07, 6.45) is 2.18. The Hall–Kier alpha value is -2.81. The van der Waals surface area contributed by atoms with E-state index < -0.39 is 17.5 Å². The average molecular weight is 432 g/mol. The third-order valence-corrected chi connectivity index (χ3v) is 6.59. The molecule has 1 aliphatic carbocycles. The van der Waals surface area contributed by atoms with Gasteiger partial charge in [-0.15, -0.1) is 0 Å². The van der Waals surface area contributed by atoms with Crippen molar-refractivity contribution in [1.82, 2.24) is 9.88 Å². The number of hydrogen-bond acceptors (Lipinski definition) is 4. The summed E-state index contributed by atoms with van der Waals surface area (Å²) in [5.41, 5.74) is 1.31. The first-order chi connectivity index (χ1) is 14.5. The molecular weight excluding hydrogens is 413 g/mol. The minimum Gasteiger partial charge on any atom is -0.345 e. The van der Waals surface area contributed by atoms with Crippen molar-refractivity contribution in [2.45, 2.75) is 18.8 Å². The second-order valence-electron chi connectivity index (χ2n) is 7.65. The van der Waals surface area contributed by atoms with Crippen molar-refractivity contribution in [1.29, 1.82) is 0 Å². The summed E-state index contributed by atoms with van der Waals surface area (Å²) in [6, 6.07) is 6.72. The Bertz CT molecular complexity index is 1120. The molecule has 9 heteroatoms. The Morgan fingerprint density at radius 2 is 1.80 bits per heavy atom. The highest BCUT2D eigenvalue weighted by Crippen LogP contribution is 2.40. The molecule has 5 rings (SSSR count). The third kappa shape index (κ3) is 3.69. The fraction of sp³-hybridized carbons (Fsp3) is 0.333. The van der Waals surface area contributed by atoms with Crippen LogP contribution < -0.4 is 10.2 Å². The highest BCUT2D eigenvalue weighted by atomic mass is 32.1. The first-order valence-corrected chi connectivity index (χ1v) is 10.7. The van der Waals surface area contributed by atoms with Crippen LogP contribution in [0.1, 0.15) is 24.3 Å². The van der Waals surface area contributed by atoms with E-state index in [9.17, 15) is 18.0 Å². The van der Waals surface area contributed by atoms with Gasteiger partial charge < -0.3 is 15.1 Å². The van der Waals surface area contributed by atoms with Crippen LogP contribution in [0.3, 0.4) is 0 Å². The molecule has 1 aliphatic heterocycles. The molecule has 0 unspecified atom stereocenters. The van der Waals surface area contributed by atoms with Crippen molar-refractivity contribution in [2.75, 3.05) is 36.4 Å². The SMILES string of the molecule is O=C(Nc1ccc(C2CC2)cc1F)N1CCN(c2nc3c(F)cc(F)cc3s2)CC1. The number of urea groups is 1. The van der Waals surface area contributed by atoms with E-state index in [1.165, 1.54) is 23.5 Å². The molecule has 156 valence electrons. The normalized spacial score (nSPS) is 16.9. The largest absolute Gasteiger partial charge is 0.345 e. The van der Waals surface area contributed by atoms with Crippen LogP contribution in [-0.4, -0.2) is 42.1 Å². The van der Waals surface area contributed by atoms with Gasteiger partial charge in [-0.1, -0.05) is 17.4 Å². The zero-order valence-corrected chi connectivity index (χ0v) is 16.8. The van der Waals surface area contributed by atoms with Gasteiger partial charge in [-0.05, 0) is 42.5 Å². The van der Waals surface area contributed by atoms with Gasteiger partial charge in [-0.25, -0.2) is 22.9 Å². The van der Waals surface area contributed by atoms with Crippen LogP contribution in [0.4, 0.5) is 28.8 Å². The summed E-state index contributed by atoms with van der Waals surface area (Å²) in [4.78, 5) is 20.4. The quantitative estimate of drug-likeness (QED) is 0.638. The lowest BCUT2D eigenvalue weighted by Gasteiger charge is -2.34. The average Bonchev–Trinajstić information content (AvgIpc) is 3.49. The minimum atomic E-state index is -0.680. The van der Waals surface area contributed by atoms with Gasteiger partial charge in [0.25, 0.3) is 0 Å². The number of nitrogens with one attached hydrogen (secondary N) is 1. The van der Waals surface area contributed by atoms with E-state index in [-0.39, 0.29) is 17.2 Å². The monoisotopic (exact) mass is 432 g/mol. The number of carbonyl (C=O) groups excluding carboxylic acids is 1. The standard InChI is InChI=1S/C21H19F3N4OS/c22-14-10-16(24)19-18(11-14)30-21(26-19)28-7-5-27(6-8-28)20(29)25-17-4-3-13(9-15(17)23)12-1-2-12/h3-4,9-12H,1-2,5-8H2,(H,25,29). The number of amides is 2. The van der Waals surface area contributed by atoms with Gasteiger partial charge in [0.15, 0.2) is 10.9 Å². The molecule has 0 bridgehead atoms. The Labute approximate surface area is 175 Å². The first kappa shape index (κ1) is 19.2. The molecule has 30 heavy (non-hydrogen) atoms. The van der Waals surface area contributed by atoms with Crippen molar-refractivity contribution < 1.29 is 18.0 Å². The molecule has 2 fully saturated rings. The number of hydrogen-bond donors (Lipinski definition) is 1. The Morgan fingerprint density at radius 1 is 1.03 bits per heavy atom. The van der Waals surface area contributed by atoms with Crippen molar-refractivity contribution in [3.05, 3.63) is 53.3 Å². The maximum atomic E-state index is 14.3. The summed E-state index contributed by atoms with van der Waals surface area (Å²) >= 11 is 1.22. The smallest absolute Gasteiger partial charge is 0.322 e. The predicted molar refractivity (Wildman–Crippen MR) is 111 cm³/mol. The van der Waals surface area contributed by atoms with Crippen LogP contribution in [0.2, 0.25) is 0 Å². The van der Waals surface area contributed by atoms with E-state index >= 15 is 0 Å². The number of thiazole rings is 1. The van der Waals surface area contributed by atoms with Gasteiger partial charge >= 0.3 is 6.03 Å². The number of halogens is 3. The second-order valence-corrected chi connectivity index (χ2v) is 8.66. The molecule has 1 N–H and O–H groups in total. The molecule has 5 nitrogen and oxygen atoms in total. The second kappa shape index (κ2) is 7.46. The fourth-order valence-electron chi connectivity index (χ4n) is 3.68. The van der Waals surface area contributed by atoms with Gasteiger partial charge in [-0.2, -0.15) is 0 Å². The van der Waals surface area contributed by atoms with Crippen LogP contribution in [0.25, 0.3) is 10.2 Å². The van der Waals surface area contributed by atoms with Crippen LogP contribution in [0.5, 0.6) is 0 Å². The number of anilines is 2. The number of carbonyl (C=O) groups is 1. The zero-order valence-electron chi connectivity index (χ0n) is 16.0. The van der Waals surface area contributed by atoms with E-state index in [1.54, 1.807) is 11.0 Å². The maximum absolute atomic E-state index is 14.3. The van der Waals surface area contributed by atoms with E-state index in [1.807, 2.05) is 11.0 Å². The summed E-state index contributed by atoms with van der Waals surface area (Å²) in [7, 11) is 0. The van der Waals surface area contributed by atoms with Crippen molar-refractivity contribution in [3.63, 3.8) is 0 Å². The molecule has 3 aromatic rings. The zero-order chi connectivity index (χ0) is 20.8. The molecular formula is C21H19F3N4OS. The number of benzene rings is 2. The van der Waals surface area contributed by atoms with Crippen molar-refractivity contribution >= 4 is 38.4 Å². The van der Waals surface area contributed by atoms with Crippen molar-refractivity contribution in [3.8, 4) is 0 Å². The van der Waals surface area contributed by atoms with Gasteiger partial charge in [-0.3, -0.25) is 0 Å². The topological polar surface area (TPSA) is 48.5 Å². The summed E-state index contributed by atoms with van der Waals surface area (Å²) < 4.78 is 42.1. The van der Waals surface area contributed by atoms with E-state index in [2.05, 4.69) is 10.3 Å². The van der Waals surface area contributed by atoms with Gasteiger partial charge in [0.1, 0.15) is 17.2 Å². The fourth-order valence-corrected chi connectivity index (χ4v) is 4.74. The molecule has 1 saturated carbocycles. The number of fused-ring (bicyclic) bond motifs is 1. The molecule has 0 radical (unpaired) electrons. The van der Waals surface area contributed by atoms with Crippen LogP contribution in [-0.2, 0) is 0 Å². The van der Waals surface area contributed by atoms with Gasteiger partial charge in [0.05, 0.1) is 10.4 Å². The van der Waals surface area contributed by atoms with Crippen LogP contribution in [0, 0.1) is 17.5 Å². The molecule has 2 heterocycles. The van der Waals surface area contributed by atoms with E-state index in [4.69, 9.17) is 0 Å². The number of rotatable bonds is 3. The lowest BCUT2D eigenvalue weighted by Crippen LogP contribution is -2.50. The van der Waals surface area contributed by atoms with Crippen LogP contribution in [0.15, 0.2) is 30.3 Å². The lowest BCUT2D eigenvalue weighted by atomic mass is 10.1. The molecule has 1 aromatic heterocycles. The number of nitrogens with zero attached hydrogens (tertiary/aromatic N) is 3.